The predicted octanol–water partition coefficient (Wildman–Crippen LogP) is 1.51. The number of sulfonamides is 1. The molecule has 7 nitrogen and oxygen atoms in total. The minimum atomic E-state index is -4.14. The summed E-state index contributed by atoms with van der Waals surface area (Å²) in [4.78, 5) is -0.620. The van der Waals surface area contributed by atoms with Crippen molar-refractivity contribution in [2.75, 3.05) is 0 Å². The van der Waals surface area contributed by atoms with Gasteiger partial charge < -0.3 is 9.15 Å². The van der Waals surface area contributed by atoms with Gasteiger partial charge in [0.25, 0.3) is 5.89 Å². The quantitative estimate of drug-likeness (QED) is 0.879. The number of hydrogen-bond donors (Lipinski definition) is 1. The molecule has 108 valence electrons. The first kappa shape index (κ1) is 14.9. The summed E-state index contributed by atoms with van der Waals surface area (Å²) in [5.41, 5.74) is 0. The summed E-state index contributed by atoms with van der Waals surface area (Å²) in [6, 6.07) is 1.94. The van der Waals surface area contributed by atoms with E-state index in [9.17, 15) is 12.8 Å². The lowest BCUT2D eigenvalue weighted by Gasteiger charge is -2.08. The van der Waals surface area contributed by atoms with E-state index in [2.05, 4.69) is 26.1 Å². The number of hydrogen-bond acceptors (Lipinski definition) is 6. The highest BCUT2D eigenvalue weighted by molar-refractivity contribution is 9.10. The second kappa shape index (κ2) is 5.46. The second-order valence-corrected chi connectivity index (χ2v) is 6.15. The molecular weight excluding hydrogens is 357 g/mol. The fourth-order valence-corrected chi connectivity index (χ4v) is 2.60. The van der Waals surface area contributed by atoms with Gasteiger partial charge in [-0.3, -0.25) is 0 Å². The zero-order chi connectivity index (χ0) is 14.9. The SMILES string of the molecule is Cc1nnc(COc2cc(F)c(S(N)(=O)=O)cc2Br)o1. The maximum Gasteiger partial charge on any atom is 0.253 e. The Morgan fingerprint density at radius 2 is 2.15 bits per heavy atom. The molecule has 1 aromatic carbocycles. The van der Waals surface area contributed by atoms with Crippen LogP contribution in [0.1, 0.15) is 11.8 Å². The lowest BCUT2D eigenvalue weighted by Crippen LogP contribution is -2.14. The van der Waals surface area contributed by atoms with Crippen LogP contribution in [0.25, 0.3) is 0 Å². The summed E-state index contributed by atoms with van der Waals surface area (Å²) in [5.74, 6) is -0.332. The van der Waals surface area contributed by atoms with Crippen LogP contribution in [-0.2, 0) is 16.6 Å². The maximum absolute atomic E-state index is 13.6. The van der Waals surface area contributed by atoms with Gasteiger partial charge in [-0.25, -0.2) is 17.9 Å². The van der Waals surface area contributed by atoms with Crippen LogP contribution < -0.4 is 9.88 Å². The molecule has 20 heavy (non-hydrogen) atoms. The van der Waals surface area contributed by atoms with Gasteiger partial charge in [-0.15, -0.1) is 10.2 Å². The van der Waals surface area contributed by atoms with Crippen molar-refractivity contribution in [2.45, 2.75) is 18.4 Å². The number of aryl methyl sites for hydroxylation is 1. The molecule has 0 aliphatic heterocycles. The molecule has 0 amide bonds. The Kier molecular flexibility index (Phi) is 4.06. The fourth-order valence-electron chi connectivity index (χ4n) is 1.37. The second-order valence-electron chi connectivity index (χ2n) is 3.76. The Labute approximate surface area is 122 Å². The number of primary sulfonamides is 1. The van der Waals surface area contributed by atoms with Crippen molar-refractivity contribution in [3.8, 4) is 5.75 Å². The van der Waals surface area contributed by atoms with E-state index < -0.39 is 20.7 Å². The molecule has 0 fully saturated rings. The summed E-state index contributed by atoms with van der Waals surface area (Å²) >= 11 is 3.07. The Bertz CT molecular complexity index is 747. The Balaban J connectivity index is 2.23. The van der Waals surface area contributed by atoms with Gasteiger partial charge in [-0.2, -0.15) is 0 Å². The lowest BCUT2D eigenvalue weighted by atomic mass is 10.3. The van der Waals surface area contributed by atoms with Crippen molar-refractivity contribution >= 4 is 26.0 Å². The Morgan fingerprint density at radius 3 is 2.70 bits per heavy atom. The molecule has 0 spiro atoms. The largest absolute Gasteiger partial charge is 0.483 e. The van der Waals surface area contributed by atoms with Crippen molar-refractivity contribution < 1.29 is 22.0 Å². The third kappa shape index (κ3) is 3.32. The monoisotopic (exact) mass is 365 g/mol. The van der Waals surface area contributed by atoms with Crippen LogP contribution in [0, 0.1) is 12.7 Å². The topological polar surface area (TPSA) is 108 Å². The zero-order valence-corrected chi connectivity index (χ0v) is 12.5. The van der Waals surface area contributed by atoms with Gasteiger partial charge in [-0.1, -0.05) is 0 Å². The molecule has 0 saturated carbocycles. The first-order valence-electron chi connectivity index (χ1n) is 5.21. The third-order valence-electron chi connectivity index (χ3n) is 2.21. The summed E-state index contributed by atoms with van der Waals surface area (Å²) in [6.07, 6.45) is 0. The van der Waals surface area contributed by atoms with Crippen molar-refractivity contribution in [1.82, 2.24) is 10.2 Å². The van der Waals surface area contributed by atoms with Crippen LogP contribution in [0.15, 0.2) is 25.9 Å². The van der Waals surface area contributed by atoms with Gasteiger partial charge in [-0.05, 0) is 22.0 Å². The van der Waals surface area contributed by atoms with Crippen molar-refractivity contribution in [3.05, 3.63) is 34.2 Å². The van der Waals surface area contributed by atoms with E-state index in [-0.39, 0.29) is 22.7 Å². The van der Waals surface area contributed by atoms with Crippen LogP contribution in [-0.4, -0.2) is 18.6 Å². The number of aromatic nitrogens is 2. The van der Waals surface area contributed by atoms with Crippen LogP contribution in [0.2, 0.25) is 0 Å². The minimum Gasteiger partial charge on any atom is -0.483 e. The standard InChI is InChI=1S/C10H9BrFN3O4S/c1-5-14-15-10(19-5)4-18-8-3-7(12)9(2-6(8)11)20(13,16)17/h2-3H,4H2,1H3,(H2,13,16,17). The summed E-state index contributed by atoms with van der Waals surface area (Å²) in [5, 5.41) is 12.2. The maximum atomic E-state index is 13.6. The molecule has 1 heterocycles. The number of benzene rings is 1. The average molecular weight is 366 g/mol. The van der Waals surface area contributed by atoms with Crippen LogP contribution in [0.3, 0.4) is 0 Å². The Hall–Kier alpha value is -1.52. The number of nitrogens with zero attached hydrogens (tertiary/aromatic N) is 2. The molecule has 2 N–H and O–H groups in total. The van der Waals surface area contributed by atoms with Gasteiger partial charge in [0.1, 0.15) is 16.5 Å². The first-order valence-corrected chi connectivity index (χ1v) is 7.55. The number of rotatable bonds is 4. The summed E-state index contributed by atoms with van der Waals surface area (Å²) in [7, 11) is -4.14. The number of nitrogens with two attached hydrogens (primary N) is 1. The number of halogens is 2. The smallest absolute Gasteiger partial charge is 0.253 e. The highest BCUT2D eigenvalue weighted by Crippen LogP contribution is 2.30. The first-order chi connectivity index (χ1) is 9.27. The molecular formula is C10H9BrFN3O4S. The summed E-state index contributed by atoms with van der Waals surface area (Å²) < 4.78 is 46.5. The third-order valence-corrected chi connectivity index (χ3v) is 3.76. The van der Waals surface area contributed by atoms with E-state index in [0.29, 0.717) is 5.89 Å². The Morgan fingerprint density at radius 1 is 1.45 bits per heavy atom. The molecule has 0 bridgehead atoms. The summed E-state index contributed by atoms with van der Waals surface area (Å²) in [6.45, 7) is 1.54. The normalized spacial score (nSPS) is 11.6. The molecule has 0 radical (unpaired) electrons. The van der Waals surface area contributed by atoms with E-state index in [4.69, 9.17) is 14.3 Å². The fraction of sp³-hybridized carbons (Fsp3) is 0.200. The molecule has 0 aliphatic carbocycles. The minimum absolute atomic E-state index is 0.0758. The molecule has 10 heteroatoms. The molecule has 0 aliphatic rings. The predicted molar refractivity (Wildman–Crippen MR) is 68.8 cm³/mol. The van der Waals surface area contributed by atoms with Gasteiger partial charge in [0.2, 0.25) is 15.9 Å². The van der Waals surface area contributed by atoms with Crippen molar-refractivity contribution in [2.24, 2.45) is 5.14 Å². The van der Waals surface area contributed by atoms with Gasteiger partial charge in [0.15, 0.2) is 6.61 Å². The zero-order valence-electron chi connectivity index (χ0n) is 10.1. The molecule has 0 atom stereocenters. The number of ether oxygens (including phenoxy) is 1. The molecule has 0 unspecified atom stereocenters. The molecule has 1 aromatic heterocycles. The van der Waals surface area contributed by atoms with Crippen LogP contribution in [0.5, 0.6) is 5.75 Å². The van der Waals surface area contributed by atoms with Crippen LogP contribution >= 0.6 is 15.9 Å². The highest BCUT2D eigenvalue weighted by Gasteiger charge is 2.18. The van der Waals surface area contributed by atoms with E-state index in [0.717, 1.165) is 12.1 Å². The highest BCUT2D eigenvalue weighted by atomic mass is 79.9. The molecule has 0 saturated heterocycles. The van der Waals surface area contributed by atoms with E-state index in [1.807, 2.05) is 0 Å². The molecule has 2 aromatic rings. The van der Waals surface area contributed by atoms with Gasteiger partial charge >= 0.3 is 0 Å². The lowest BCUT2D eigenvalue weighted by molar-refractivity contribution is 0.257. The van der Waals surface area contributed by atoms with E-state index >= 15 is 0 Å². The van der Waals surface area contributed by atoms with Crippen LogP contribution in [0.4, 0.5) is 4.39 Å². The van der Waals surface area contributed by atoms with Crippen molar-refractivity contribution in [3.63, 3.8) is 0 Å². The van der Waals surface area contributed by atoms with E-state index in [1.54, 1.807) is 6.92 Å². The van der Waals surface area contributed by atoms with E-state index in [1.165, 1.54) is 0 Å². The van der Waals surface area contributed by atoms with Crippen molar-refractivity contribution in [1.29, 1.82) is 0 Å². The molecule has 2 rings (SSSR count). The van der Waals surface area contributed by atoms with Gasteiger partial charge in [0, 0.05) is 13.0 Å². The van der Waals surface area contributed by atoms with Gasteiger partial charge in [0.05, 0.1) is 4.47 Å². The average Bonchev–Trinajstić information content (AvgIpc) is 2.74.